The minimum Gasteiger partial charge on any atom is -0.453 e. The highest BCUT2D eigenvalue weighted by atomic mass is 16.5. The van der Waals surface area contributed by atoms with Crippen LogP contribution in [0.25, 0.3) is 22.1 Å². The Bertz CT molecular complexity index is 1090. The maximum absolute atomic E-state index is 12.3. The van der Waals surface area contributed by atoms with Crippen molar-refractivity contribution in [1.29, 1.82) is 5.26 Å². The summed E-state index contributed by atoms with van der Waals surface area (Å²) in [7, 11) is 3.67. The van der Waals surface area contributed by atoms with Crippen molar-refractivity contribution in [3.05, 3.63) is 24.3 Å². The molecule has 1 saturated heterocycles. The van der Waals surface area contributed by atoms with Crippen LogP contribution in [0.15, 0.2) is 18.5 Å². The first-order valence-electron chi connectivity index (χ1n) is 10.3. The Balaban J connectivity index is 1.73. The van der Waals surface area contributed by atoms with Crippen molar-refractivity contribution in [2.75, 3.05) is 38.7 Å². The topological polar surface area (TPSA) is 103 Å². The number of aromatic amines is 1. The number of imidazole rings is 1. The zero-order valence-electron chi connectivity index (χ0n) is 17.6. The predicted octanol–water partition coefficient (Wildman–Crippen LogP) is 2.34. The highest BCUT2D eigenvalue weighted by Crippen LogP contribution is 2.30. The lowest BCUT2D eigenvalue weighted by molar-refractivity contribution is -0.149. The summed E-state index contributed by atoms with van der Waals surface area (Å²) < 4.78 is 7.80. The third-order valence-corrected chi connectivity index (χ3v) is 5.57. The Labute approximate surface area is 175 Å². The van der Waals surface area contributed by atoms with Crippen molar-refractivity contribution < 1.29 is 9.53 Å². The number of pyridine rings is 1. The summed E-state index contributed by atoms with van der Waals surface area (Å²) >= 11 is 0. The van der Waals surface area contributed by atoms with Crippen molar-refractivity contribution in [1.82, 2.24) is 24.5 Å². The van der Waals surface area contributed by atoms with E-state index >= 15 is 0 Å². The summed E-state index contributed by atoms with van der Waals surface area (Å²) in [5.74, 6) is 0.823. The van der Waals surface area contributed by atoms with E-state index in [2.05, 4.69) is 25.7 Å². The minimum absolute atomic E-state index is 0.216. The predicted molar refractivity (Wildman–Crippen MR) is 113 cm³/mol. The summed E-state index contributed by atoms with van der Waals surface area (Å²) in [6.45, 7) is 3.71. The van der Waals surface area contributed by atoms with E-state index in [4.69, 9.17) is 15.0 Å². The van der Waals surface area contributed by atoms with E-state index in [1.807, 2.05) is 33.3 Å². The summed E-state index contributed by atoms with van der Waals surface area (Å²) in [5, 5.41) is 12.3. The van der Waals surface area contributed by atoms with Crippen LogP contribution in [0.2, 0.25) is 0 Å². The van der Waals surface area contributed by atoms with Crippen molar-refractivity contribution in [2.24, 2.45) is 5.92 Å². The zero-order chi connectivity index (χ0) is 21.3. The van der Waals surface area contributed by atoms with Crippen LogP contribution in [-0.4, -0.2) is 64.2 Å². The number of rotatable bonds is 6. The molecule has 30 heavy (non-hydrogen) atoms. The monoisotopic (exact) mass is 409 g/mol. The van der Waals surface area contributed by atoms with E-state index in [1.165, 1.54) is 0 Å². The second kappa shape index (κ2) is 8.32. The quantitative estimate of drug-likeness (QED) is 0.623. The Morgan fingerprint density at radius 3 is 2.90 bits per heavy atom. The molecular formula is C21H27N7O2. The van der Waals surface area contributed by atoms with Gasteiger partial charge in [-0.2, -0.15) is 5.26 Å². The number of carbonyl (C=O) groups excluding carboxylic acids is 1. The molecule has 1 fully saturated rings. The molecule has 158 valence electrons. The zero-order valence-corrected chi connectivity index (χ0v) is 17.6. The van der Waals surface area contributed by atoms with Crippen LogP contribution in [0.1, 0.15) is 38.1 Å². The summed E-state index contributed by atoms with van der Waals surface area (Å²) in [4.78, 5) is 26.5. The van der Waals surface area contributed by atoms with E-state index in [9.17, 15) is 4.79 Å². The number of fused-ring (bicyclic) bond motifs is 3. The van der Waals surface area contributed by atoms with Gasteiger partial charge in [-0.05, 0) is 45.8 Å². The molecule has 0 saturated carbocycles. The van der Waals surface area contributed by atoms with Crippen LogP contribution >= 0.6 is 0 Å². The first kappa shape index (κ1) is 20.2. The molecule has 3 aromatic heterocycles. The number of nitrogens with one attached hydrogen (secondary N) is 1. The van der Waals surface area contributed by atoms with E-state index in [-0.39, 0.29) is 12.5 Å². The van der Waals surface area contributed by atoms with E-state index in [1.54, 1.807) is 11.1 Å². The molecule has 3 aromatic rings. The second-order valence-corrected chi connectivity index (χ2v) is 8.14. The lowest BCUT2D eigenvalue weighted by Gasteiger charge is -2.35. The van der Waals surface area contributed by atoms with Crippen LogP contribution in [0, 0.1) is 17.2 Å². The van der Waals surface area contributed by atoms with E-state index in [0.717, 1.165) is 48.0 Å². The summed E-state index contributed by atoms with van der Waals surface area (Å²) in [6.07, 6.45) is 5.61. The Hall–Kier alpha value is -3.12. The molecule has 0 aromatic carbocycles. The average molecular weight is 409 g/mol. The molecule has 4 heterocycles. The first-order valence-corrected chi connectivity index (χ1v) is 10.3. The van der Waals surface area contributed by atoms with Gasteiger partial charge in [0.2, 0.25) is 0 Å². The van der Waals surface area contributed by atoms with Gasteiger partial charge in [0.1, 0.15) is 16.7 Å². The van der Waals surface area contributed by atoms with Crippen molar-refractivity contribution >= 4 is 28.0 Å². The molecule has 9 nitrogen and oxygen atoms in total. The number of nitriles is 1. The number of piperidine rings is 1. The largest absolute Gasteiger partial charge is 0.453 e. The molecule has 1 atom stereocenters. The van der Waals surface area contributed by atoms with Gasteiger partial charge in [-0.1, -0.05) is 0 Å². The average Bonchev–Trinajstić information content (AvgIpc) is 3.32. The number of ether oxygens (including phenoxy) is 1. The molecule has 0 unspecified atom stereocenters. The van der Waals surface area contributed by atoms with Gasteiger partial charge in [0, 0.05) is 31.1 Å². The second-order valence-electron chi connectivity index (χ2n) is 8.14. The normalized spacial score (nSPS) is 16.3. The molecule has 1 aliphatic heterocycles. The first-order chi connectivity index (χ1) is 14.5. The Morgan fingerprint density at radius 2 is 2.20 bits per heavy atom. The van der Waals surface area contributed by atoms with E-state index in [0.29, 0.717) is 18.2 Å². The summed E-state index contributed by atoms with van der Waals surface area (Å²) in [5.41, 5.74) is 2.53. The molecule has 4 rings (SSSR count). The number of hydrogen-bond acceptors (Lipinski definition) is 7. The van der Waals surface area contributed by atoms with Crippen LogP contribution in [0.5, 0.6) is 0 Å². The van der Waals surface area contributed by atoms with Gasteiger partial charge in [-0.3, -0.25) is 9.69 Å². The number of carbonyl (C=O) groups is 1. The molecule has 1 aliphatic rings. The third kappa shape index (κ3) is 3.83. The van der Waals surface area contributed by atoms with Crippen molar-refractivity contribution in [3.8, 4) is 6.07 Å². The SMILES string of the molecule is C[C@@H](OC(=O)CN(C)C)c1nc2cnc3[nH]ccc3c2n1N1CCC(CC#N)CC1. The molecular weight excluding hydrogens is 382 g/mol. The lowest BCUT2D eigenvalue weighted by atomic mass is 9.95. The van der Waals surface area contributed by atoms with Crippen molar-refractivity contribution in [3.63, 3.8) is 0 Å². The van der Waals surface area contributed by atoms with Gasteiger partial charge in [-0.15, -0.1) is 0 Å². The maximum atomic E-state index is 12.3. The van der Waals surface area contributed by atoms with Crippen molar-refractivity contribution in [2.45, 2.75) is 32.3 Å². The lowest BCUT2D eigenvalue weighted by Crippen LogP contribution is -2.43. The number of likely N-dealkylation sites (N-methyl/N-ethyl adjacent to an activating group) is 1. The van der Waals surface area contributed by atoms with Gasteiger partial charge in [0.15, 0.2) is 11.9 Å². The van der Waals surface area contributed by atoms with Gasteiger partial charge >= 0.3 is 5.97 Å². The highest BCUT2D eigenvalue weighted by Gasteiger charge is 2.28. The molecule has 0 amide bonds. The van der Waals surface area contributed by atoms with Gasteiger partial charge in [0.05, 0.1) is 18.8 Å². The third-order valence-electron chi connectivity index (χ3n) is 5.57. The van der Waals surface area contributed by atoms with Crippen LogP contribution in [0.3, 0.4) is 0 Å². The van der Waals surface area contributed by atoms with Gasteiger partial charge < -0.3 is 14.7 Å². The molecule has 0 bridgehead atoms. The molecule has 0 radical (unpaired) electrons. The highest BCUT2D eigenvalue weighted by molar-refractivity contribution is 6.01. The number of nitrogens with zero attached hydrogens (tertiary/aromatic N) is 6. The Morgan fingerprint density at radius 1 is 1.43 bits per heavy atom. The fourth-order valence-electron chi connectivity index (χ4n) is 4.12. The molecule has 1 N–H and O–H groups in total. The fraction of sp³-hybridized carbons (Fsp3) is 0.524. The standard InChI is InChI=1S/C21H27N7O2/c1-14(30-18(29)13-26(2)3)21-25-17-12-24-20-16(5-9-23-20)19(17)28(21)27-10-6-15(4-8-22)7-11-27/h5,9,12,14-15H,4,6-7,10-11,13H2,1-3H3,(H,23,24)/t14-/m1/s1. The van der Waals surface area contributed by atoms with Crippen LogP contribution in [-0.2, 0) is 9.53 Å². The molecule has 0 aliphatic carbocycles. The smallest absolute Gasteiger partial charge is 0.320 e. The van der Waals surface area contributed by atoms with Crippen LogP contribution < -0.4 is 5.01 Å². The fourth-order valence-corrected chi connectivity index (χ4v) is 4.12. The number of H-pyrrole nitrogens is 1. The number of hydrogen-bond donors (Lipinski definition) is 1. The molecule has 9 heteroatoms. The Kier molecular flexibility index (Phi) is 5.59. The van der Waals surface area contributed by atoms with E-state index < -0.39 is 6.10 Å². The molecule has 0 spiro atoms. The summed E-state index contributed by atoms with van der Waals surface area (Å²) in [6, 6.07) is 4.29. The van der Waals surface area contributed by atoms with Gasteiger partial charge in [-0.25, -0.2) is 14.6 Å². The van der Waals surface area contributed by atoms with Gasteiger partial charge in [0.25, 0.3) is 0 Å². The maximum Gasteiger partial charge on any atom is 0.320 e. The number of esters is 1. The van der Waals surface area contributed by atoms with Crippen LogP contribution in [0.4, 0.5) is 0 Å². The minimum atomic E-state index is -0.504. The number of aromatic nitrogens is 4.